The molecule has 0 saturated carbocycles. The van der Waals surface area contributed by atoms with Crippen molar-refractivity contribution in [3.05, 3.63) is 75.8 Å². The summed E-state index contributed by atoms with van der Waals surface area (Å²) < 4.78 is 48.5. The first-order chi connectivity index (χ1) is 18.8. The third-order valence-electron chi connectivity index (χ3n) is 6.05. The largest absolute Gasteiger partial charge is 0.416 e. The highest BCUT2D eigenvalue weighted by molar-refractivity contribution is 5.91. The number of aromatic amines is 1. The lowest BCUT2D eigenvalue weighted by Crippen LogP contribution is -2.25. The van der Waals surface area contributed by atoms with E-state index in [9.17, 15) is 22.8 Å². The summed E-state index contributed by atoms with van der Waals surface area (Å²) in [6, 6.07) is 8.21. The van der Waals surface area contributed by atoms with Crippen LogP contribution in [0.2, 0.25) is 0 Å². The van der Waals surface area contributed by atoms with E-state index in [0.717, 1.165) is 10.7 Å². The predicted molar refractivity (Wildman–Crippen MR) is 137 cm³/mol. The Morgan fingerprint density at radius 1 is 1.10 bits per heavy atom. The van der Waals surface area contributed by atoms with Crippen molar-refractivity contribution in [2.75, 3.05) is 0 Å². The zero-order valence-corrected chi connectivity index (χ0v) is 21.8. The number of aryl methyl sites for hydroxylation is 1. The Labute approximate surface area is 224 Å². The van der Waals surface area contributed by atoms with Crippen LogP contribution in [0.1, 0.15) is 48.4 Å². The number of nitrogens with zero attached hydrogens (tertiary/aromatic N) is 6. The van der Waals surface area contributed by atoms with Crippen molar-refractivity contribution in [3.63, 3.8) is 0 Å². The first-order valence-electron chi connectivity index (χ1n) is 12.0. The highest BCUT2D eigenvalue weighted by atomic mass is 19.4. The Morgan fingerprint density at radius 2 is 1.88 bits per heavy atom. The topological polar surface area (TPSA) is 144 Å². The molecular formula is C26H23F3N8O3. The predicted octanol–water partition coefficient (Wildman–Crippen LogP) is 4.01. The van der Waals surface area contributed by atoms with Gasteiger partial charge in [-0.05, 0) is 29.3 Å². The van der Waals surface area contributed by atoms with Crippen LogP contribution in [0.15, 0.2) is 51.9 Å². The molecule has 0 saturated heterocycles. The monoisotopic (exact) mass is 552 g/mol. The van der Waals surface area contributed by atoms with E-state index in [-0.39, 0.29) is 28.2 Å². The fourth-order valence-electron chi connectivity index (χ4n) is 3.93. The van der Waals surface area contributed by atoms with Crippen LogP contribution in [0.4, 0.5) is 13.2 Å². The van der Waals surface area contributed by atoms with Crippen molar-refractivity contribution in [2.45, 2.75) is 38.9 Å². The second-order valence-electron chi connectivity index (χ2n) is 10.0. The van der Waals surface area contributed by atoms with Gasteiger partial charge in [-0.3, -0.25) is 9.59 Å². The molecule has 1 aromatic carbocycles. The highest BCUT2D eigenvalue weighted by Crippen LogP contribution is 2.36. The summed E-state index contributed by atoms with van der Waals surface area (Å²) in [5.74, 6) is -0.516. The number of fused-ring (bicyclic) bond motifs is 1. The Bertz CT molecular complexity index is 1800. The molecule has 5 rings (SSSR count). The van der Waals surface area contributed by atoms with Crippen LogP contribution >= 0.6 is 0 Å². The van der Waals surface area contributed by atoms with Gasteiger partial charge < -0.3 is 14.8 Å². The minimum absolute atomic E-state index is 0.148. The molecule has 0 fully saturated rings. The number of hydrogen-bond donors (Lipinski definition) is 2. The molecular weight excluding hydrogens is 529 g/mol. The van der Waals surface area contributed by atoms with Gasteiger partial charge in [-0.1, -0.05) is 38.1 Å². The van der Waals surface area contributed by atoms with Crippen LogP contribution in [0.3, 0.4) is 0 Å². The third-order valence-corrected chi connectivity index (χ3v) is 6.05. The quantitative estimate of drug-likeness (QED) is 0.333. The van der Waals surface area contributed by atoms with E-state index in [4.69, 9.17) is 4.52 Å². The molecule has 5 aromatic rings. The Morgan fingerprint density at radius 3 is 2.55 bits per heavy atom. The van der Waals surface area contributed by atoms with Crippen LogP contribution in [-0.2, 0) is 25.2 Å². The normalized spacial score (nSPS) is 12.2. The molecule has 4 heterocycles. The van der Waals surface area contributed by atoms with Gasteiger partial charge in [0.05, 0.1) is 11.1 Å². The zero-order chi connectivity index (χ0) is 28.8. The molecule has 0 aliphatic heterocycles. The van der Waals surface area contributed by atoms with Gasteiger partial charge in [0.1, 0.15) is 5.69 Å². The standard InChI is InChI=1S/C26H23F3N8O3/c1-25(2,3)24-34-23(40-36-24)22(39)31-12-14-6-5-13(11-16(14)26(27,28)29)15-9-10-30-21-19(15)32-20(33-21)17-7-8-18(38)37(4)35-17/h5-11H,12H2,1-4H3,(H,31,39)(H,30,32,33). The van der Waals surface area contributed by atoms with Crippen molar-refractivity contribution in [2.24, 2.45) is 7.05 Å². The van der Waals surface area contributed by atoms with Crippen LogP contribution in [-0.4, -0.2) is 40.8 Å². The minimum Gasteiger partial charge on any atom is -0.344 e. The molecule has 1 amide bonds. The van der Waals surface area contributed by atoms with E-state index in [2.05, 4.69) is 35.5 Å². The van der Waals surface area contributed by atoms with Gasteiger partial charge in [0.2, 0.25) is 0 Å². The van der Waals surface area contributed by atoms with Crippen LogP contribution in [0, 0.1) is 0 Å². The van der Waals surface area contributed by atoms with E-state index >= 15 is 0 Å². The van der Waals surface area contributed by atoms with E-state index in [0.29, 0.717) is 28.4 Å². The Balaban J connectivity index is 1.46. The van der Waals surface area contributed by atoms with E-state index < -0.39 is 29.6 Å². The molecule has 14 heteroatoms. The summed E-state index contributed by atoms with van der Waals surface area (Å²) in [7, 11) is 1.49. The lowest BCUT2D eigenvalue weighted by Gasteiger charge is -2.15. The van der Waals surface area contributed by atoms with Gasteiger partial charge >= 0.3 is 18.0 Å². The molecule has 0 atom stereocenters. The molecule has 11 nitrogen and oxygen atoms in total. The summed E-state index contributed by atoms with van der Waals surface area (Å²) in [4.78, 5) is 39.8. The summed E-state index contributed by atoms with van der Waals surface area (Å²) >= 11 is 0. The number of carbonyl (C=O) groups is 1. The van der Waals surface area contributed by atoms with Crippen molar-refractivity contribution in [3.8, 4) is 22.6 Å². The number of aromatic nitrogens is 7. The van der Waals surface area contributed by atoms with Crippen molar-refractivity contribution < 1.29 is 22.5 Å². The molecule has 4 aromatic heterocycles. The number of pyridine rings is 1. The number of amides is 1. The number of rotatable bonds is 5. The Hall–Kier alpha value is -4.88. The van der Waals surface area contributed by atoms with Crippen molar-refractivity contribution >= 4 is 17.1 Å². The maximum absolute atomic E-state index is 14.1. The number of carbonyl (C=O) groups excluding carboxylic acids is 1. The maximum Gasteiger partial charge on any atom is 0.416 e. The number of imidazole rings is 1. The summed E-state index contributed by atoms with van der Waals surface area (Å²) in [6.07, 6.45) is -3.27. The van der Waals surface area contributed by atoms with Crippen molar-refractivity contribution in [1.82, 2.24) is 40.2 Å². The first-order valence-corrected chi connectivity index (χ1v) is 12.0. The third kappa shape index (κ3) is 5.19. The van der Waals surface area contributed by atoms with Crippen LogP contribution in [0.25, 0.3) is 33.8 Å². The number of H-pyrrole nitrogens is 1. The molecule has 0 bridgehead atoms. The van der Waals surface area contributed by atoms with Gasteiger partial charge in [-0.2, -0.15) is 23.3 Å². The summed E-state index contributed by atoms with van der Waals surface area (Å²) in [6.45, 7) is 5.08. The summed E-state index contributed by atoms with van der Waals surface area (Å²) in [5.41, 5.74) is -0.132. The Kier molecular flexibility index (Phi) is 6.48. The lowest BCUT2D eigenvalue weighted by atomic mass is 9.96. The number of halogens is 3. The molecule has 0 unspecified atom stereocenters. The molecule has 0 radical (unpaired) electrons. The van der Waals surface area contributed by atoms with Gasteiger partial charge in [0.15, 0.2) is 17.3 Å². The van der Waals surface area contributed by atoms with Crippen LogP contribution in [0.5, 0.6) is 0 Å². The van der Waals surface area contributed by atoms with E-state index in [1.807, 2.05) is 20.8 Å². The number of alkyl halides is 3. The fraction of sp³-hybridized carbons (Fsp3) is 0.269. The minimum atomic E-state index is -4.70. The average molecular weight is 553 g/mol. The van der Waals surface area contributed by atoms with Gasteiger partial charge in [-0.25, -0.2) is 14.6 Å². The molecule has 2 N–H and O–H groups in total. The number of benzene rings is 1. The lowest BCUT2D eigenvalue weighted by molar-refractivity contribution is -0.138. The molecule has 0 aliphatic rings. The highest BCUT2D eigenvalue weighted by Gasteiger charge is 2.34. The molecule has 0 aliphatic carbocycles. The maximum atomic E-state index is 14.1. The second kappa shape index (κ2) is 9.70. The van der Waals surface area contributed by atoms with Crippen molar-refractivity contribution in [1.29, 1.82) is 0 Å². The summed E-state index contributed by atoms with van der Waals surface area (Å²) in [5, 5.41) is 10.3. The SMILES string of the molecule is Cn1nc(-c2nc3nccc(-c4ccc(CNC(=O)c5nc(C(C)(C)C)no5)c(C(F)(F)F)c4)c3[nH]2)ccc1=O. The first kappa shape index (κ1) is 26.7. The zero-order valence-electron chi connectivity index (χ0n) is 21.8. The molecule has 40 heavy (non-hydrogen) atoms. The van der Waals surface area contributed by atoms with E-state index in [1.54, 1.807) is 6.07 Å². The average Bonchev–Trinajstić information content (AvgIpc) is 3.56. The van der Waals surface area contributed by atoms with Crippen LogP contribution < -0.4 is 10.9 Å². The molecule has 206 valence electrons. The number of nitrogens with one attached hydrogen (secondary N) is 2. The molecule has 0 spiro atoms. The fourth-order valence-corrected chi connectivity index (χ4v) is 3.93. The second-order valence-corrected chi connectivity index (χ2v) is 10.0. The van der Waals surface area contributed by atoms with Gasteiger partial charge in [0.25, 0.3) is 5.56 Å². The van der Waals surface area contributed by atoms with Gasteiger partial charge in [-0.15, -0.1) is 0 Å². The number of hydrogen-bond acceptors (Lipinski definition) is 8. The van der Waals surface area contributed by atoms with E-state index in [1.165, 1.54) is 37.5 Å². The van der Waals surface area contributed by atoms with Gasteiger partial charge in [0, 0.05) is 36.8 Å². The smallest absolute Gasteiger partial charge is 0.344 e.